The summed E-state index contributed by atoms with van der Waals surface area (Å²) in [6.07, 6.45) is 6.90. The van der Waals surface area contributed by atoms with Gasteiger partial charge in [-0.25, -0.2) is 0 Å². The molecule has 0 spiro atoms. The molecule has 21 heavy (non-hydrogen) atoms. The van der Waals surface area contributed by atoms with Gasteiger partial charge in [0.05, 0.1) is 0 Å². The third kappa shape index (κ3) is 4.45. The highest BCUT2D eigenvalue weighted by molar-refractivity contribution is 4.95. The molecule has 2 aliphatic rings. The van der Waals surface area contributed by atoms with Gasteiger partial charge in [0.25, 0.3) is 0 Å². The lowest BCUT2D eigenvalue weighted by atomic mass is 9.67. The van der Waals surface area contributed by atoms with Crippen LogP contribution in [0.25, 0.3) is 0 Å². The Morgan fingerprint density at radius 1 is 1.24 bits per heavy atom. The van der Waals surface area contributed by atoms with Crippen LogP contribution in [0.3, 0.4) is 0 Å². The second-order valence-electron chi connectivity index (χ2n) is 8.63. The van der Waals surface area contributed by atoms with Gasteiger partial charge in [-0.05, 0) is 61.9 Å². The van der Waals surface area contributed by atoms with E-state index in [1.54, 1.807) is 0 Å². The first-order valence-corrected chi connectivity index (χ1v) is 9.39. The maximum absolute atomic E-state index is 3.89. The van der Waals surface area contributed by atoms with Gasteiger partial charge < -0.3 is 10.2 Å². The van der Waals surface area contributed by atoms with E-state index in [9.17, 15) is 0 Å². The summed E-state index contributed by atoms with van der Waals surface area (Å²) in [4.78, 5) is 2.76. The molecule has 2 nitrogen and oxygen atoms in total. The van der Waals surface area contributed by atoms with E-state index in [2.05, 4.69) is 44.8 Å². The van der Waals surface area contributed by atoms with Gasteiger partial charge >= 0.3 is 0 Å². The zero-order valence-electron chi connectivity index (χ0n) is 15.1. The van der Waals surface area contributed by atoms with E-state index in [0.717, 1.165) is 17.8 Å². The lowest BCUT2D eigenvalue weighted by molar-refractivity contribution is 0.0834. The predicted octanol–water partition coefficient (Wildman–Crippen LogP) is 4.16. The molecule has 3 unspecified atom stereocenters. The fraction of sp³-hybridized carbons (Fsp3) is 1.00. The van der Waals surface area contributed by atoms with Crippen LogP contribution in [0.15, 0.2) is 0 Å². The highest BCUT2D eigenvalue weighted by atomic mass is 15.2. The molecule has 1 heterocycles. The van der Waals surface area contributed by atoms with Gasteiger partial charge in [-0.2, -0.15) is 0 Å². The fourth-order valence-corrected chi connectivity index (χ4v) is 4.62. The van der Waals surface area contributed by atoms with Crippen molar-refractivity contribution in [2.24, 2.45) is 23.2 Å². The van der Waals surface area contributed by atoms with Crippen LogP contribution in [0.5, 0.6) is 0 Å². The Morgan fingerprint density at radius 2 is 2.00 bits per heavy atom. The van der Waals surface area contributed by atoms with Crippen molar-refractivity contribution in [1.29, 1.82) is 0 Å². The first-order chi connectivity index (χ1) is 9.94. The SMILES string of the molecule is CCCNC1C(CN2CCC(C(C)C)C2)CCCC1(C)C. The van der Waals surface area contributed by atoms with Crippen LogP contribution >= 0.6 is 0 Å². The molecule has 0 aromatic rings. The van der Waals surface area contributed by atoms with Crippen LogP contribution < -0.4 is 5.32 Å². The Bertz CT molecular complexity index is 311. The topological polar surface area (TPSA) is 15.3 Å². The molecule has 1 N–H and O–H groups in total. The molecule has 1 aliphatic heterocycles. The number of nitrogens with one attached hydrogen (secondary N) is 1. The van der Waals surface area contributed by atoms with E-state index in [1.165, 1.54) is 58.3 Å². The molecule has 0 radical (unpaired) electrons. The summed E-state index contributed by atoms with van der Waals surface area (Å²) in [7, 11) is 0. The molecular formula is C19H38N2. The van der Waals surface area contributed by atoms with Crippen LogP contribution in [0.2, 0.25) is 0 Å². The molecule has 0 aromatic carbocycles. The minimum atomic E-state index is 0.468. The fourth-order valence-electron chi connectivity index (χ4n) is 4.62. The van der Waals surface area contributed by atoms with E-state index in [1.807, 2.05) is 0 Å². The van der Waals surface area contributed by atoms with Crippen LogP contribution in [0.4, 0.5) is 0 Å². The predicted molar refractivity (Wildman–Crippen MR) is 92.6 cm³/mol. The molecular weight excluding hydrogens is 256 g/mol. The molecule has 1 saturated carbocycles. The van der Waals surface area contributed by atoms with E-state index < -0.39 is 0 Å². The quantitative estimate of drug-likeness (QED) is 0.791. The first-order valence-electron chi connectivity index (χ1n) is 9.39. The van der Waals surface area contributed by atoms with Crippen molar-refractivity contribution in [2.75, 3.05) is 26.2 Å². The average molecular weight is 295 g/mol. The third-order valence-corrected chi connectivity index (χ3v) is 6.07. The lowest BCUT2D eigenvalue weighted by Gasteiger charge is -2.46. The molecule has 124 valence electrons. The minimum absolute atomic E-state index is 0.468. The number of rotatable bonds is 6. The Kier molecular flexibility index (Phi) is 6.14. The van der Waals surface area contributed by atoms with Gasteiger partial charge in [-0.1, -0.05) is 41.0 Å². The normalized spacial score (nSPS) is 33.7. The number of hydrogen-bond acceptors (Lipinski definition) is 2. The Labute approximate surface area is 133 Å². The summed E-state index contributed by atoms with van der Waals surface area (Å²) in [5, 5.41) is 3.89. The van der Waals surface area contributed by atoms with E-state index in [0.29, 0.717) is 11.5 Å². The molecule has 2 heteroatoms. The zero-order valence-corrected chi connectivity index (χ0v) is 15.1. The third-order valence-electron chi connectivity index (χ3n) is 6.07. The summed E-state index contributed by atoms with van der Waals surface area (Å²) in [6, 6.07) is 0.712. The maximum atomic E-state index is 3.89. The monoisotopic (exact) mass is 294 g/mol. The summed E-state index contributed by atoms with van der Waals surface area (Å²) in [5.74, 6) is 2.64. The summed E-state index contributed by atoms with van der Waals surface area (Å²) in [6.45, 7) is 17.2. The zero-order chi connectivity index (χ0) is 15.5. The van der Waals surface area contributed by atoms with Crippen LogP contribution in [-0.4, -0.2) is 37.1 Å². The lowest BCUT2D eigenvalue weighted by Crippen LogP contribution is -2.52. The molecule has 2 fully saturated rings. The van der Waals surface area contributed by atoms with Gasteiger partial charge in [0.1, 0.15) is 0 Å². The van der Waals surface area contributed by atoms with Gasteiger partial charge in [0.2, 0.25) is 0 Å². The van der Waals surface area contributed by atoms with Crippen molar-refractivity contribution in [2.45, 2.75) is 72.8 Å². The second kappa shape index (κ2) is 7.46. The van der Waals surface area contributed by atoms with Crippen molar-refractivity contribution in [1.82, 2.24) is 10.2 Å². The number of likely N-dealkylation sites (tertiary alicyclic amines) is 1. The number of nitrogens with zero attached hydrogens (tertiary/aromatic N) is 1. The number of hydrogen-bond donors (Lipinski definition) is 1. The van der Waals surface area contributed by atoms with Crippen molar-refractivity contribution in [3.63, 3.8) is 0 Å². The average Bonchev–Trinajstić information content (AvgIpc) is 2.86. The standard InChI is InChI=1S/C19H38N2/c1-6-11-20-18-17(8-7-10-19(18,4)5)14-21-12-9-16(13-21)15(2)3/h15-18,20H,6-14H2,1-5H3. The van der Waals surface area contributed by atoms with E-state index in [-0.39, 0.29) is 0 Å². The van der Waals surface area contributed by atoms with Crippen LogP contribution in [0, 0.1) is 23.2 Å². The summed E-state index contributed by atoms with van der Waals surface area (Å²) >= 11 is 0. The van der Waals surface area contributed by atoms with E-state index in [4.69, 9.17) is 0 Å². The Hall–Kier alpha value is -0.0800. The molecule has 0 aromatic heterocycles. The molecule has 0 amide bonds. The molecule has 1 aliphatic carbocycles. The molecule has 2 rings (SSSR count). The first kappa shape index (κ1) is 17.3. The summed E-state index contributed by atoms with van der Waals surface area (Å²) in [5.41, 5.74) is 0.468. The molecule has 3 atom stereocenters. The smallest absolute Gasteiger partial charge is 0.0159 e. The molecule has 1 saturated heterocycles. The maximum Gasteiger partial charge on any atom is 0.0159 e. The van der Waals surface area contributed by atoms with Crippen molar-refractivity contribution < 1.29 is 0 Å². The van der Waals surface area contributed by atoms with Crippen LogP contribution in [0.1, 0.15) is 66.7 Å². The van der Waals surface area contributed by atoms with Crippen molar-refractivity contribution >= 4 is 0 Å². The second-order valence-corrected chi connectivity index (χ2v) is 8.63. The minimum Gasteiger partial charge on any atom is -0.313 e. The summed E-state index contributed by atoms with van der Waals surface area (Å²) < 4.78 is 0. The molecule has 0 bridgehead atoms. The Morgan fingerprint density at radius 3 is 2.62 bits per heavy atom. The largest absolute Gasteiger partial charge is 0.313 e. The highest BCUT2D eigenvalue weighted by Crippen LogP contribution is 2.40. The van der Waals surface area contributed by atoms with Crippen molar-refractivity contribution in [3.05, 3.63) is 0 Å². The van der Waals surface area contributed by atoms with Gasteiger partial charge in [0.15, 0.2) is 0 Å². The Balaban J connectivity index is 1.93. The highest BCUT2D eigenvalue weighted by Gasteiger charge is 2.39. The van der Waals surface area contributed by atoms with Gasteiger partial charge in [-0.15, -0.1) is 0 Å². The van der Waals surface area contributed by atoms with Crippen LogP contribution in [-0.2, 0) is 0 Å². The van der Waals surface area contributed by atoms with Gasteiger partial charge in [0, 0.05) is 19.1 Å². The van der Waals surface area contributed by atoms with Crippen molar-refractivity contribution in [3.8, 4) is 0 Å². The van der Waals surface area contributed by atoms with Gasteiger partial charge in [-0.3, -0.25) is 0 Å². The van der Waals surface area contributed by atoms with E-state index >= 15 is 0 Å².